The van der Waals surface area contributed by atoms with E-state index in [2.05, 4.69) is 4.98 Å². The molecule has 0 aromatic carbocycles. The maximum Gasteiger partial charge on any atom is 0.326 e. The molecule has 0 saturated heterocycles. The molecule has 0 aliphatic rings. The molecule has 0 aliphatic heterocycles. The number of halogens is 1. The van der Waals surface area contributed by atoms with Crippen molar-refractivity contribution < 1.29 is 8.42 Å². The molecule has 0 amide bonds. The van der Waals surface area contributed by atoms with Gasteiger partial charge >= 0.3 is 9.24 Å². The van der Waals surface area contributed by atoms with E-state index < -0.39 is 9.24 Å². The van der Waals surface area contributed by atoms with Crippen LogP contribution in [0.15, 0.2) is 12.4 Å². The minimum atomic E-state index is -3.71. The lowest BCUT2D eigenvalue weighted by Crippen LogP contribution is -2.09. The van der Waals surface area contributed by atoms with Crippen molar-refractivity contribution in [1.82, 2.24) is 8.96 Å². The Bertz CT molecular complexity index is 369. The molecule has 0 radical (unpaired) electrons. The highest BCUT2D eigenvalue weighted by Gasteiger charge is 2.15. The zero-order valence-electron chi connectivity index (χ0n) is 6.73. The summed E-state index contributed by atoms with van der Waals surface area (Å²) in [5.74, 6) is 0.485. The summed E-state index contributed by atoms with van der Waals surface area (Å²) in [5, 5.41) is 0. The lowest BCUT2D eigenvalue weighted by Gasteiger charge is -2.05. The first-order chi connectivity index (χ1) is 5.43. The van der Waals surface area contributed by atoms with Gasteiger partial charge in [-0.3, -0.25) is 0 Å². The Kier molecular flexibility index (Phi) is 2.44. The van der Waals surface area contributed by atoms with E-state index in [4.69, 9.17) is 10.7 Å². The highest BCUT2D eigenvalue weighted by molar-refractivity contribution is 8.12. The van der Waals surface area contributed by atoms with Crippen LogP contribution in [-0.4, -0.2) is 17.4 Å². The predicted molar refractivity (Wildman–Crippen MR) is 46.5 cm³/mol. The summed E-state index contributed by atoms with van der Waals surface area (Å²) in [7, 11) is 1.44. The summed E-state index contributed by atoms with van der Waals surface area (Å²) >= 11 is 0. The molecule has 0 saturated carbocycles. The summed E-state index contributed by atoms with van der Waals surface area (Å²) in [6, 6.07) is 0. The molecule has 1 rings (SSSR count). The van der Waals surface area contributed by atoms with Crippen LogP contribution in [0.4, 0.5) is 0 Å². The van der Waals surface area contributed by atoms with Gasteiger partial charge in [-0.1, -0.05) is 13.8 Å². The molecule has 0 bridgehead atoms. The SMILES string of the molecule is CC(C)c1nccn1S(=O)(=O)Cl. The third kappa shape index (κ3) is 1.78. The number of rotatable bonds is 2. The van der Waals surface area contributed by atoms with Crippen molar-refractivity contribution in [3.05, 3.63) is 18.2 Å². The fraction of sp³-hybridized carbons (Fsp3) is 0.500. The van der Waals surface area contributed by atoms with Crippen LogP contribution in [0.2, 0.25) is 0 Å². The maximum atomic E-state index is 10.9. The van der Waals surface area contributed by atoms with Crippen molar-refractivity contribution in [2.24, 2.45) is 0 Å². The van der Waals surface area contributed by atoms with Crippen LogP contribution >= 0.6 is 10.7 Å². The molecular formula is C6H9ClN2O2S. The van der Waals surface area contributed by atoms with Crippen LogP contribution < -0.4 is 0 Å². The zero-order valence-corrected chi connectivity index (χ0v) is 8.30. The Morgan fingerprint density at radius 1 is 1.58 bits per heavy atom. The fourth-order valence-corrected chi connectivity index (χ4v) is 1.92. The number of hydrogen-bond acceptors (Lipinski definition) is 3. The van der Waals surface area contributed by atoms with E-state index in [1.54, 1.807) is 0 Å². The molecule has 1 heterocycles. The van der Waals surface area contributed by atoms with Crippen molar-refractivity contribution in [2.45, 2.75) is 19.8 Å². The van der Waals surface area contributed by atoms with Crippen molar-refractivity contribution in [3.8, 4) is 0 Å². The molecule has 0 fully saturated rings. The second-order valence-corrected chi connectivity index (χ2v) is 5.07. The minimum Gasteiger partial charge on any atom is -0.240 e. The van der Waals surface area contributed by atoms with E-state index in [0.717, 1.165) is 3.97 Å². The Hall–Kier alpha value is -0.550. The van der Waals surface area contributed by atoms with Gasteiger partial charge < -0.3 is 0 Å². The van der Waals surface area contributed by atoms with E-state index in [-0.39, 0.29) is 5.92 Å². The molecule has 0 aliphatic carbocycles. The van der Waals surface area contributed by atoms with Crippen LogP contribution in [0.1, 0.15) is 25.6 Å². The van der Waals surface area contributed by atoms with Crippen molar-refractivity contribution >= 4 is 19.9 Å². The Morgan fingerprint density at radius 2 is 2.17 bits per heavy atom. The van der Waals surface area contributed by atoms with Gasteiger partial charge in [0.05, 0.1) is 0 Å². The molecule has 12 heavy (non-hydrogen) atoms. The highest BCUT2D eigenvalue weighted by atomic mass is 35.7. The van der Waals surface area contributed by atoms with Crippen molar-refractivity contribution in [3.63, 3.8) is 0 Å². The van der Waals surface area contributed by atoms with Crippen LogP contribution in [0.3, 0.4) is 0 Å². The average molecular weight is 209 g/mol. The van der Waals surface area contributed by atoms with Crippen LogP contribution in [-0.2, 0) is 9.24 Å². The molecule has 0 N–H and O–H groups in total. The van der Waals surface area contributed by atoms with Gasteiger partial charge in [-0.15, -0.1) is 0 Å². The summed E-state index contributed by atoms with van der Waals surface area (Å²) < 4.78 is 22.8. The first-order valence-electron chi connectivity index (χ1n) is 3.41. The normalized spacial score (nSPS) is 12.3. The zero-order chi connectivity index (χ0) is 9.35. The van der Waals surface area contributed by atoms with Crippen molar-refractivity contribution in [2.75, 3.05) is 0 Å². The molecule has 1 aromatic heterocycles. The molecule has 0 atom stereocenters. The van der Waals surface area contributed by atoms with Crippen LogP contribution in [0.5, 0.6) is 0 Å². The Morgan fingerprint density at radius 3 is 2.50 bits per heavy atom. The first kappa shape index (κ1) is 9.54. The highest BCUT2D eigenvalue weighted by Crippen LogP contribution is 2.15. The van der Waals surface area contributed by atoms with E-state index in [9.17, 15) is 8.42 Å². The van der Waals surface area contributed by atoms with Gasteiger partial charge in [-0.05, 0) is 0 Å². The van der Waals surface area contributed by atoms with Gasteiger partial charge in [0, 0.05) is 29.0 Å². The number of imidazole rings is 1. The summed E-state index contributed by atoms with van der Waals surface area (Å²) in [4.78, 5) is 3.88. The number of hydrogen-bond donors (Lipinski definition) is 0. The van der Waals surface area contributed by atoms with E-state index >= 15 is 0 Å². The lowest BCUT2D eigenvalue weighted by atomic mass is 10.2. The third-order valence-electron chi connectivity index (χ3n) is 1.39. The largest absolute Gasteiger partial charge is 0.326 e. The van der Waals surface area contributed by atoms with Crippen LogP contribution in [0, 0.1) is 0 Å². The number of nitrogens with zero attached hydrogens (tertiary/aromatic N) is 2. The van der Waals surface area contributed by atoms with Crippen molar-refractivity contribution in [1.29, 1.82) is 0 Å². The monoisotopic (exact) mass is 208 g/mol. The Balaban J connectivity index is 3.26. The smallest absolute Gasteiger partial charge is 0.240 e. The van der Waals surface area contributed by atoms with Crippen LogP contribution in [0.25, 0.3) is 0 Å². The Labute approximate surface area is 75.7 Å². The second-order valence-electron chi connectivity index (χ2n) is 2.68. The lowest BCUT2D eigenvalue weighted by molar-refractivity contribution is 0.596. The van der Waals surface area contributed by atoms with E-state index in [1.165, 1.54) is 12.4 Å². The van der Waals surface area contributed by atoms with Gasteiger partial charge in [-0.2, -0.15) is 8.42 Å². The summed E-state index contributed by atoms with van der Waals surface area (Å²) in [6.45, 7) is 3.70. The summed E-state index contributed by atoms with van der Waals surface area (Å²) in [6.07, 6.45) is 2.74. The minimum absolute atomic E-state index is 0.0357. The number of aromatic nitrogens is 2. The predicted octanol–water partition coefficient (Wildman–Crippen LogP) is 1.34. The molecule has 1 aromatic rings. The molecule has 0 spiro atoms. The third-order valence-corrected chi connectivity index (χ3v) is 2.61. The molecule has 68 valence electrons. The quantitative estimate of drug-likeness (QED) is 0.690. The van der Waals surface area contributed by atoms with Gasteiger partial charge in [0.2, 0.25) is 0 Å². The molecule has 6 heteroatoms. The summed E-state index contributed by atoms with van der Waals surface area (Å²) in [5.41, 5.74) is 0. The standard InChI is InChI=1S/C6H9ClN2O2S/c1-5(2)6-8-3-4-9(6)12(7,10)11/h3-5H,1-2H3. The first-order valence-corrected chi connectivity index (χ1v) is 5.68. The average Bonchev–Trinajstić information content (AvgIpc) is 2.30. The van der Waals surface area contributed by atoms with E-state index in [0.29, 0.717) is 5.82 Å². The van der Waals surface area contributed by atoms with E-state index in [1.807, 2.05) is 13.8 Å². The van der Waals surface area contributed by atoms with Gasteiger partial charge in [-0.25, -0.2) is 8.96 Å². The molecule has 0 unspecified atom stereocenters. The van der Waals surface area contributed by atoms with Gasteiger partial charge in [0.25, 0.3) is 0 Å². The molecule has 4 nitrogen and oxygen atoms in total. The second kappa shape index (κ2) is 3.06. The van der Waals surface area contributed by atoms with Gasteiger partial charge in [0.15, 0.2) is 0 Å². The maximum absolute atomic E-state index is 10.9. The topological polar surface area (TPSA) is 52.0 Å². The fourth-order valence-electron chi connectivity index (χ4n) is 0.891. The van der Waals surface area contributed by atoms with Gasteiger partial charge in [0.1, 0.15) is 5.82 Å². The molecular weight excluding hydrogens is 200 g/mol.